The van der Waals surface area contributed by atoms with Crippen molar-refractivity contribution in [3.63, 3.8) is 0 Å². The molecule has 0 spiro atoms. The van der Waals surface area contributed by atoms with E-state index in [0.29, 0.717) is 12.2 Å². The second kappa shape index (κ2) is 6.48. The summed E-state index contributed by atoms with van der Waals surface area (Å²) in [6.45, 7) is 3.78. The summed E-state index contributed by atoms with van der Waals surface area (Å²) < 4.78 is 31.3. The van der Waals surface area contributed by atoms with Crippen LogP contribution in [0.3, 0.4) is 0 Å². The third-order valence-electron chi connectivity index (χ3n) is 2.60. The molecule has 1 amide bonds. The molecule has 2 heterocycles. The number of ether oxygens (including phenoxy) is 1. The van der Waals surface area contributed by atoms with E-state index in [1.807, 2.05) is 4.72 Å². The summed E-state index contributed by atoms with van der Waals surface area (Å²) >= 11 is 0. The fourth-order valence-corrected chi connectivity index (χ4v) is 2.77. The van der Waals surface area contributed by atoms with Gasteiger partial charge < -0.3 is 4.74 Å². The molecule has 9 heteroatoms. The van der Waals surface area contributed by atoms with Crippen molar-refractivity contribution in [1.82, 2.24) is 19.7 Å². The molecule has 0 radical (unpaired) electrons. The molecule has 0 saturated heterocycles. The highest BCUT2D eigenvalue weighted by Crippen LogP contribution is 2.11. The minimum atomic E-state index is -4.07. The van der Waals surface area contributed by atoms with Gasteiger partial charge >= 0.3 is 0 Å². The number of carbonyl (C=O) groups excluding carboxylic acids is 1. The third kappa shape index (κ3) is 3.55. The average Bonchev–Trinajstić information content (AvgIpc) is 2.48. The van der Waals surface area contributed by atoms with E-state index in [0.717, 1.165) is 6.20 Å². The van der Waals surface area contributed by atoms with Crippen molar-refractivity contribution < 1.29 is 17.9 Å². The molecular formula is C13H14N4O4S. The van der Waals surface area contributed by atoms with Crippen LogP contribution in [-0.4, -0.2) is 35.9 Å². The minimum absolute atomic E-state index is 0.138. The van der Waals surface area contributed by atoms with Crippen molar-refractivity contribution in [1.29, 1.82) is 0 Å². The fourth-order valence-electron chi connectivity index (χ4n) is 1.63. The first-order chi connectivity index (χ1) is 10.4. The summed E-state index contributed by atoms with van der Waals surface area (Å²) in [6, 6.07) is 3.19. The standard InChI is InChI=1S/C13H14N4O4S/c1-3-21-11-8-15-10(7-16-11)12(18)17-22(19,20)13-9(2)5-4-6-14-13/h4-8H,3H2,1-2H3,(H,17,18). The van der Waals surface area contributed by atoms with Gasteiger partial charge in [0, 0.05) is 6.20 Å². The first kappa shape index (κ1) is 15.8. The van der Waals surface area contributed by atoms with Gasteiger partial charge in [-0.05, 0) is 25.5 Å². The van der Waals surface area contributed by atoms with Crippen molar-refractivity contribution in [2.45, 2.75) is 18.9 Å². The predicted octanol–water partition coefficient (Wildman–Crippen LogP) is 0.697. The molecule has 22 heavy (non-hydrogen) atoms. The molecule has 0 bridgehead atoms. The number of rotatable bonds is 5. The van der Waals surface area contributed by atoms with Crippen molar-refractivity contribution in [3.8, 4) is 5.88 Å². The molecule has 0 atom stereocenters. The highest BCUT2D eigenvalue weighted by atomic mass is 32.2. The van der Waals surface area contributed by atoms with Crippen LogP contribution in [0.25, 0.3) is 0 Å². The molecule has 0 unspecified atom stereocenters. The van der Waals surface area contributed by atoms with Gasteiger partial charge in [0.15, 0.2) is 5.03 Å². The minimum Gasteiger partial charge on any atom is -0.477 e. The molecule has 2 aromatic rings. The highest BCUT2D eigenvalue weighted by Gasteiger charge is 2.22. The summed E-state index contributed by atoms with van der Waals surface area (Å²) in [5.74, 6) is -0.636. The Bertz CT molecular complexity index is 775. The lowest BCUT2D eigenvalue weighted by atomic mass is 10.3. The van der Waals surface area contributed by atoms with Crippen LogP contribution in [0.2, 0.25) is 0 Å². The van der Waals surface area contributed by atoms with Gasteiger partial charge in [-0.1, -0.05) is 6.07 Å². The summed E-state index contributed by atoms with van der Waals surface area (Å²) in [5.41, 5.74) is 0.293. The number of carbonyl (C=O) groups is 1. The number of aromatic nitrogens is 3. The zero-order chi connectivity index (χ0) is 16.2. The van der Waals surface area contributed by atoms with E-state index in [1.165, 1.54) is 12.4 Å². The van der Waals surface area contributed by atoms with Crippen LogP contribution in [-0.2, 0) is 10.0 Å². The van der Waals surface area contributed by atoms with Gasteiger partial charge in [-0.3, -0.25) is 4.79 Å². The Hall–Kier alpha value is -2.55. The van der Waals surface area contributed by atoms with Crippen LogP contribution in [0.1, 0.15) is 23.0 Å². The molecule has 0 aliphatic rings. The molecule has 0 fully saturated rings. The quantitative estimate of drug-likeness (QED) is 0.862. The van der Waals surface area contributed by atoms with Gasteiger partial charge in [0.05, 0.1) is 19.0 Å². The van der Waals surface area contributed by atoms with E-state index in [-0.39, 0.29) is 16.6 Å². The second-order valence-corrected chi connectivity index (χ2v) is 5.83. The van der Waals surface area contributed by atoms with Gasteiger partial charge in [0.2, 0.25) is 5.88 Å². The van der Waals surface area contributed by atoms with Crippen molar-refractivity contribution >= 4 is 15.9 Å². The maximum absolute atomic E-state index is 12.1. The lowest BCUT2D eigenvalue weighted by molar-refractivity contribution is 0.0976. The second-order valence-electron chi connectivity index (χ2n) is 4.23. The number of hydrogen-bond donors (Lipinski definition) is 1. The lowest BCUT2D eigenvalue weighted by Crippen LogP contribution is -2.32. The van der Waals surface area contributed by atoms with E-state index >= 15 is 0 Å². The Balaban J connectivity index is 2.19. The Labute approximate surface area is 127 Å². The van der Waals surface area contributed by atoms with Crippen LogP contribution >= 0.6 is 0 Å². The number of nitrogens with zero attached hydrogens (tertiary/aromatic N) is 3. The Morgan fingerprint density at radius 3 is 2.64 bits per heavy atom. The number of hydrogen-bond acceptors (Lipinski definition) is 7. The summed E-state index contributed by atoms with van der Waals surface area (Å²) in [5, 5.41) is -0.206. The van der Waals surface area contributed by atoms with Gasteiger partial charge in [0.1, 0.15) is 5.69 Å². The zero-order valence-corrected chi connectivity index (χ0v) is 12.8. The monoisotopic (exact) mass is 322 g/mol. The predicted molar refractivity (Wildman–Crippen MR) is 76.8 cm³/mol. The largest absolute Gasteiger partial charge is 0.477 e. The molecule has 8 nitrogen and oxygen atoms in total. The number of amides is 1. The van der Waals surface area contributed by atoms with Crippen LogP contribution in [0, 0.1) is 6.92 Å². The SMILES string of the molecule is CCOc1cnc(C(=O)NS(=O)(=O)c2ncccc2C)cn1. The highest BCUT2D eigenvalue weighted by molar-refractivity contribution is 7.90. The Kier molecular flexibility index (Phi) is 4.66. The fraction of sp³-hybridized carbons (Fsp3) is 0.231. The zero-order valence-electron chi connectivity index (χ0n) is 12.0. The smallest absolute Gasteiger partial charge is 0.285 e. The molecular weight excluding hydrogens is 308 g/mol. The van der Waals surface area contributed by atoms with E-state index in [1.54, 1.807) is 26.0 Å². The normalized spacial score (nSPS) is 11.0. The van der Waals surface area contributed by atoms with Crippen LogP contribution in [0.4, 0.5) is 0 Å². The molecule has 2 rings (SSSR count). The Morgan fingerprint density at radius 2 is 2.05 bits per heavy atom. The summed E-state index contributed by atoms with van der Waals surface area (Å²) in [4.78, 5) is 23.4. The molecule has 2 aromatic heterocycles. The molecule has 1 N–H and O–H groups in total. The first-order valence-corrected chi connectivity index (χ1v) is 7.86. The van der Waals surface area contributed by atoms with Crippen molar-refractivity contribution in [3.05, 3.63) is 42.0 Å². The average molecular weight is 322 g/mol. The third-order valence-corrected chi connectivity index (χ3v) is 3.99. The van der Waals surface area contributed by atoms with Crippen molar-refractivity contribution in [2.24, 2.45) is 0 Å². The molecule has 0 aliphatic carbocycles. The first-order valence-electron chi connectivity index (χ1n) is 6.37. The molecule has 116 valence electrons. The van der Waals surface area contributed by atoms with E-state index in [2.05, 4.69) is 15.0 Å². The number of sulfonamides is 1. The number of nitrogens with one attached hydrogen (secondary N) is 1. The van der Waals surface area contributed by atoms with E-state index in [9.17, 15) is 13.2 Å². The van der Waals surface area contributed by atoms with Gasteiger partial charge in [-0.2, -0.15) is 8.42 Å². The lowest BCUT2D eigenvalue weighted by Gasteiger charge is -2.08. The molecule has 0 aliphatic heterocycles. The molecule has 0 aromatic carbocycles. The number of aryl methyl sites for hydroxylation is 1. The maximum atomic E-state index is 12.1. The summed E-state index contributed by atoms with van der Waals surface area (Å²) in [7, 11) is -4.07. The maximum Gasteiger partial charge on any atom is 0.285 e. The van der Waals surface area contributed by atoms with E-state index in [4.69, 9.17) is 4.74 Å². The van der Waals surface area contributed by atoms with Crippen LogP contribution in [0.15, 0.2) is 35.7 Å². The molecule has 0 saturated carbocycles. The van der Waals surface area contributed by atoms with Gasteiger partial charge in [-0.25, -0.2) is 19.7 Å². The van der Waals surface area contributed by atoms with Crippen LogP contribution in [0.5, 0.6) is 5.88 Å². The Morgan fingerprint density at radius 1 is 1.27 bits per heavy atom. The van der Waals surface area contributed by atoms with Gasteiger partial charge in [-0.15, -0.1) is 0 Å². The van der Waals surface area contributed by atoms with Crippen molar-refractivity contribution in [2.75, 3.05) is 6.61 Å². The number of pyridine rings is 1. The topological polar surface area (TPSA) is 111 Å². The summed E-state index contributed by atoms with van der Waals surface area (Å²) in [6.07, 6.45) is 3.72. The van der Waals surface area contributed by atoms with Gasteiger partial charge in [0.25, 0.3) is 15.9 Å². The van der Waals surface area contributed by atoms with E-state index < -0.39 is 15.9 Å². The van der Waals surface area contributed by atoms with Crippen LogP contribution < -0.4 is 9.46 Å².